The topological polar surface area (TPSA) is 3.24 Å². The van der Waals surface area contributed by atoms with Crippen LogP contribution >= 0.6 is 0 Å². The quantitative estimate of drug-likeness (QED) is 0.0660. The van der Waals surface area contributed by atoms with Crippen LogP contribution in [0.4, 0.5) is 0 Å². The summed E-state index contributed by atoms with van der Waals surface area (Å²) in [4.78, 5) is 2.79. The highest BCUT2D eigenvalue weighted by Gasteiger charge is 2.09. The summed E-state index contributed by atoms with van der Waals surface area (Å²) in [5, 5.41) is 0. The van der Waals surface area contributed by atoms with Crippen molar-refractivity contribution in [3.05, 3.63) is 34.9 Å². The van der Waals surface area contributed by atoms with E-state index >= 15 is 0 Å². The van der Waals surface area contributed by atoms with Crippen molar-refractivity contribution in [3.63, 3.8) is 0 Å². The molecule has 1 rings (SSSR count). The third kappa shape index (κ3) is 27.2. The van der Waals surface area contributed by atoms with E-state index in [0.717, 1.165) is 6.54 Å². The van der Waals surface area contributed by atoms with Gasteiger partial charge < -0.3 is 0 Å². The molecule has 270 valence electrons. The molecule has 1 heteroatoms. The van der Waals surface area contributed by atoms with Crippen LogP contribution in [0.1, 0.15) is 236 Å². The monoisotopic (exact) mass is 640 g/mol. The lowest BCUT2D eigenvalue weighted by molar-refractivity contribution is 0.251. The standard InChI is InChI=1S/C45H85N/c1-5-7-9-11-13-15-17-19-21-23-25-27-29-31-33-35-40-46(42-45-39-37-38-43(3)44(45)4)41-36-34-32-30-28-26-24-22-20-18-16-14-12-10-8-6-2/h37-39H,5-36,40-42H2,1-4H3. The first kappa shape index (κ1) is 43.2. The molecule has 0 saturated heterocycles. The Balaban J connectivity index is 2.09. The van der Waals surface area contributed by atoms with E-state index in [1.807, 2.05) is 0 Å². The van der Waals surface area contributed by atoms with Crippen molar-refractivity contribution in [2.45, 2.75) is 240 Å². The lowest BCUT2D eigenvalue weighted by Crippen LogP contribution is -2.26. The Morgan fingerprint density at radius 2 is 0.652 bits per heavy atom. The molecule has 0 aromatic heterocycles. The van der Waals surface area contributed by atoms with Gasteiger partial charge in [-0.15, -0.1) is 0 Å². The van der Waals surface area contributed by atoms with Gasteiger partial charge in [-0.25, -0.2) is 0 Å². The first-order valence-corrected chi connectivity index (χ1v) is 21.5. The molecule has 0 amide bonds. The summed E-state index contributed by atoms with van der Waals surface area (Å²) in [6.07, 6.45) is 46.4. The van der Waals surface area contributed by atoms with E-state index in [0.29, 0.717) is 0 Å². The van der Waals surface area contributed by atoms with Crippen molar-refractivity contribution >= 4 is 0 Å². The summed E-state index contributed by atoms with van der Waals surface area (Å²) >= 11 is 0. The van der Waals surface area contributed by atoms with Gasteiger partial charge in [0.05, 0.1) is 0 Å². The van der Waals surface area contributed by atoms with Crippen LogP contribution in [0, 0.1) is 13.8 Å². The third-order valence-corrected chi connectivity index (χ3v) is 10.8. The van der Waals surface area contributed by atoms with Gasteiger partial charge in [0.15, 0.2) is 0 Å². The number of unbranched alkanes of at least 4 members (excludes halogenated alkanes) is 30. The minimum absolute atomic E-state index is 1.14. The average Bonchev–Trinajstić information content (AvgIpc) is 3.06. The van der Waals surface area contributed by atoms with E-state index < -0.39 is 0 Å². The Kier molecular flexibility index (Phi) is 32.0. The maximum absolute atomic E-state index is 2.79. The maximum atomic E-state index is 2.79. The van der Waals surface area contributed by atoms with Crippen LogP contribution in [0.5, 0.6) is 0 Å². The zero-order chi connectivity index (χ0) is 33.2. The highest BCUT2D eigenvalue weighted by atomic mass is 15.1. The van der Waals surface area contributed by atoms with Gasteiger partial charge in [-0.3, -0.25) is 4.90 Å². The molecule has 0 atom stereocenters. The van der Waals surface area contributed by atoms with Crippen molar-refractivity contribution in [2.75, 3.05) is 13.1 Å². The van der Waals surface area contributed by atoms with E-state index in [4.69, 9.17) is 0 Å². The normalized spacial score (nSPS) is 11.7. The van der Waals surface area contributed by atoms with Gasteiger partial charge in [0.2, 0.25) is 0 Å². The maximum Gasteiger partial charge on any atom is 0.0236 e. The van der Waals surface area contributed by atoms with E-state index in [1.165, 1.54) is 230 Å². The molecule has 0 aliphatic carbocycles. The van der Waals surface area contributed by atoms with Crippen LogP contribution in [-0.4, -0.2) is 18.0 Å². The predicted molar refractivity (Wildman–Crippen MR) is 210 cm³/mol. The molecule has 0 aliphatic heterocycles. The molecule has 1 nitrogen and oxygen atoms in total. The Bertz CT molecular complexity index is 703. The number of benzene rings is 1. The highest BCUT2D eigenvalue weighted by Crippen LogP contribution is 2.19. The first-order chi connectivity index (χ1) is 22.7. The second-order valence-corrected chi connectivity index (χ2v) is 15.2. The van der Waals surface area contributed by atoms with Crippen LogP contribution in [0.2, 0.25) is 0 Å². The number of aryl methyl sites for hydroxylation is 1. The van der Waals surface area contributed by atoms with Crippen molar-refractivity contribution in [1.82, 2.24) is 4.90 Å². The van der Waals surface area contributed by atoms with Crippen molar-refractivity contribution in [1.29, 1.82) is 0 Å². The van der Waals surface area contributed by atoms with Gasteiger partial charge in [0.1, 0.15) is 0 Å². The van der Waals surface area contributed by atoms with Crippen molar-refractivity contribution < 1.29 is 0 Å². The van der Waals surface area contributed by atoms with Crippen LogP contribution in [0.25, 0.3) is 0 Å². The molecule has 1 aromatic rings. The molecule has 0 aliphatic rings. The molecule has 0 saturated carbocycles. The molecule has 46 heavy (non-hydrogen) atoms. The molecule has 0 bridgehead atoms. The van der Waals surface area contributed by atoms with Gasteiger partial charge in [0.25, 0.3) is 0 Å². The number of nitrogens with zero attached hydrogens (tertiary/aromatic N) is 1. The second kappa shape index (κ2) is 34.1. The summed E-state index contributed by atoms with van der Waals surface area (Å²) < 4.78 is 0. The summed E-state index contributed by atoms with van der Waals surface area (Å²) in [6.45, 7) is 12.9. The van der Waals surface area contributed by atoms with E-state index in [9.17, 15) is 0 Å². The second-order valence-electron chi connectivity index (χ2n) is 15.2. The molecule has 0 spiro atoms. The number of rotatable bonds is 36. The SMILES string of the molecule is CCCCCCCCCCCCCCCCCCN(CCCCCCCCCCCCCCCCCC)Cc1cccc(C)c1C. The minimum atomic E-state index is 1.14. The molecular formula is C45H85N. The molecular weight excluding hydrogens is 555 g/mol. The van der Waals surface area contributed by atoms with Crippen LogP contribution in [0.3, 0.4) is 0 Å². The fraction of sp³-hybridized carbons (Fsp3) is 0.867. The van der Waals surface area contributed by atoms with Crippen LogP contribution in [0.15, 0.2) is 18.2 Å². The largest absolute Gasteiger partial charge is 0.299 e. The average molecular weight is 640 g/mol. The number of hydrogen-bond donors (Lipinski definition) is 0. The predicted octanol–water partition coefficient (Wildman–Crippen LogP) is 15.6. The lowest BCUT2D eigenvalue weighted by Gasteiger charge is -2.24. The fourth-order valence-corrected chi connectivity index (χ4v) is 7.26. The Morgan fingerprint density at radius 1 is 0.370 bits per heavy atom. The highest BCUT2D eigenvalue weighted by molar-refractivity contribution is 5.33. The lowest BCUT2D eigenvalue weighted by atomic mass is 10.0. The summed E-state index contributed by atoms with van der Waals surface area (Å²) in [6, 6.07) is 6.91. The van der Waals surface area contributed by atoms with Gasteiger partial charge in [0, 0.05) is 6.54 Å². The van der Waals surface area contributed by atoms with Gasteiger partial charge in [-0.1, -0.05) is 225 Å². The smallest absolute Gasteiger partial charge is 0.0236 e. The summed E-state index contributed by atoms with van der Waals surface area (Å²) in [7, 11) is 0. The Labute approximate surface area is 291 Å². The van der Waals surface area contributed by atoms with E-state index in [-0.39, 0.29) is 0 Å². The molecule has 0 heterocycles. The minimum Gasteiger partial charge on any atom is -0.299 e. The fourth-order valence-electron chi connectivity index (χ4n) is 7.26. The molecule has 0 N–H and O–H groups in total. The molecule has 1 aromatic carbocycles. The summed E-state index contributed by atoms with van der Waals surface area (Å²) in [5.74, 6) is 0. The Hall–Kier alpha value is -0.820. The van der Waals surface area contributed by atoms with Gasteiger partial charge in [-0.2, -0.15) is 0 Å². The van der Waals surface area contributed by atoms with E-state index in [1.54, 1.807) is 5.56 Å². The first-order valence-electron chi connectivity index (χ1n) is 21.5. The third-order valence-electron chi connectivity index (χ3n) is 10.8. The molecule has 0 radical (unpaired) electrons. The van der Waals surface area contributed by atoms with Crippen molar-refractivity contribution in [2.24, 2.45) is 0 Å². The Morgan fingerprint density at radius 3 is 0.957 bits per heavy atom. The van der Waals surface area contributed by atoms with Gasteiger partial charge >= 0.3 is 0 Å². The molecule has 0 fully saturated rings. The zero-order valence-corrected chi connectivity index (χ0v) is 32.4. The van der Waals surface area contributed by atoms with Crippen LogP contribution in [-0.2, 0) is 6.54 Å². The number of hydrogen-bond acceptors (Lipinski definition) is 1. The van der Waals surface area contributed by atoms with Gasteiger partial charge in [-0.05, 0) is 56.5 Å². The molecule has 0 unspecified atom stereocenters. The zero-order valence-electron chi connectivity index (χ0n) is 32.4. The van der Waals surface area contributed by atoms with E-state index in [2.05, 4.69) is 50.8 Å². The van der Waals surface area contributed by atoms with Crippen LogP contribution < -0.4 is 0 Å². The van der Waals surface area contributed by atoms with Crippen molar-refractivity contribution in [3.8, 4) is 0 Å². The summed E-state index contributed by atoms with van der Waals surface area (Å²) in [5.41, 5.74) is 4.50.